The number of hydrogen-bond donors (Lipinski definition) is 0. The predicted molar refractivity (Wildman–Crippen MR) is 64.6 cm³/mol. The Morgan fingerprint density at radius 1 is 1.39 bits per heavy atom. The second kappa shape index (κ2) is 3.06. The average molecular weight is 246 g/mol. The van der Waals surface area contributed by atoms with E-state index in [9.17, 15) is 9.59 Å². The standard InChI is InChI=1S/C15H18O3/c1-7-4-3-5-8-10-11(12(7)16)9-6-15(9,2)13(10)18-14(8)17/h4,8-11,13H,3,5-6H2,1-2H3/t8-,9-,10-,11+,13-,15-/m0/s1. The Kier molecular flexibility index (Phi) is 1.83. The van der Waals surface area contributed by atoms with Crippen molar-refractivity contribution in [3.8, 4) is 0 Å². The summed E-state index contributed by atoms with van der Waals surface area (Å²) in [6.07, 6.45) is 4.76. The quantitative estimate of drug-likeness (QED) is 0.615. The number of allylic oxidation sites excluding steroid dienone is 2. The Morgan fingerprint density at radius 2 is 2.17 bits per heavy atom. The molecule has 1 aliphatic heterocycles. The van der Waals surface area contributed by atoms with Gasteiger partial charge < -0.3 is 4.74 Å². The fraction of sp³-hybridized carbons (Fsp3) is 0.733. The number of ether oxygens (including phenoxy) is 1. The Bertz CT molecular complexity index is 492. The van der Waals surface area contributed by atoms with E-state index >= 15 is 0 Å². The van der Waals surface area contributed by atoms with Gasteiger partial charge in [-0.05, 0) is 37.7 Å². The van der Waals surface area contributed by atoms with Crippen molar-refractivity contribution < 1.29 is 14.3 Å². The molecular formula is C15H18O3. The molecule has 0 aromatic carbocycles. The van der Waals surface area contributed by atoms with Crippen LogP contribution in [0.5, 0.6) is 0 Å². The van der Waals surface area contributed by atoms with Crippen molar-refractivity contribution in [1.29, 1.82) is 0 Å². The molecule has 18 heavy (non-hydrogen) atoms. The van der Waals surface area contributed by atoms with Crippen molar-refractivity contribution in [2.75, 3.05) is 0 Å². The van der Waals surface area contributed by atoms with Gasteiger partial charge in [0.2, 0.25) is 0 Å². The van der Waals surface area contributed by atoms with Crippen LogP contribution in [0.2, 0.25) is 0 Å². The monoisotopic (exact) mass is 246 g/mol. The average Bonchev–Trinajstić information content (AvgIpc) is 2.79. The van der Waals surface area contributed by atoms with Gasteiger partial charge in [0, 0.05) is 17.3 Å². The lowest BCUT2D eigenvalue weighted by Gasteiger charge is -2.26. The second-order valence-corrected chi connectivity index (χ2v) is 6.71. The number of hydrogen-bond acceptors (Lipinski definition) is 3. The molecule has 2 saturated carbocycles. The number of ketones is 1. The van der Waals surface area contributed by atoms with Crippen LogP contribution in [0.4, 0.5) is 0 Å². The van der Waals surface area contributed by atoms with Crippen LogP contribution in [0.25, 0.3) is 0 Å². The lowest BCUT2D eigenvalue weighted by atomic mass is 9.74. The number of esters is 1. The molecule has 3 fully saturated rings. The predicted octanol–water partition coefficient (Wildman–Crippen LogP) is 2.11. The highest BCUT2D eigenvalue weighted by atomic mass is 16.6. The number of carbonyl (C=O) groups excluding carboxylic acids is 2. The summed E-state index contributed by atoms with van der Waals surface area (Å²) in [5.41, 5.74) is 0.993. The molecule has 3 heteroatoms. The lowest BCUT2D eigenvalue weighted by molar-refractivity contribution is -0.146. The first-order chi connectivity index (χ1) is 8.54. The van der Waals surface area contributed by atoms with E-state index in [1.165, 1.54) is 0 Å². The van der Waals surface area contributed by atoms with Crippen molar-refractivity contribution in [3.05, 3.63) is 11.6 Å². The smallest absolute Gasteiger partial charge is 0.309 e. The van der Waals surface area contributed by atoms with Crippen LogP contribution in [0.1, 0.15) is 33.1 Å². The lowest BCUT2D eigenvalue weighted by Crippen LogP contribution is -2.33. The Hall–Kier alpha value is -1.12. The summed E-state index contributed by atoms with van der Waals surface area (Å²) in [4.78, 5) is 24.6. The molecule has 0 N–H and O–H groups in total. The molecular weight excluding hydrogens is 228 g/mol. The minimum absolute atomic E-state index is 0.0137. The molecule has 0 unspecified atom stereocenters. The number of Topliss-reactive ketones (excluding diaryl/α,β-unsaturated/α-hetero) is 1. The summed E-state index contributed by atoms with van der Waals surface area (Å²) in [7, 11) is 0. The molecule has 6 atom stereocenters. The number of fused-ring (bicyclic) bond motifs is 3. The summed E-state index contributed by atoms with van der Waals surface area (Å²) in [5.74, 6) is 0.863. The summed E-state index contributed by atoms with van der Waals surface area (Å²) in [6, 6.07) is 0. The third kappa shape index (κ3) is 1.07. The highest BCUT2D eigenvalue weighted by molar-refractivity contribution is 5.98. The Labute approximate surface area is 107 Å². The first-order valence-electron chi connectivity index (χ1n) is 6.95. The largest absolute Gasteiger partial charge is 0.461 e. The van der Waals surface area contributed by atoms with E-state index in [0.717, 1.165) is 24.8 Å². The van der Waals surface area contributed by atoms with Crippen LogP contribution in [0.15, 0.2) is 11.6 Å². The maximum absolute atomic E-state index is 12.5. The van der Waals surface area contributed by atoms with Gasteiger partial charge >= 0.3 is 5.97 Å². The molecule has 3 aliphatic carbocycles. The molecule has 0 aromatic heterocycles. The highest BCUT2D eigenvalue weighted by Crippen LogP contribution is 2.72. The van der Waals surface area contributed by atoms with Gasteiger partial charge in [-0.2, -0.15) is 0 Å². The van der Waals surface area contributed by atoms with Crippen LogP contribution in [-0.2, 0) is 14.3 Å². The van der Waals surface area contributed by atoms with Crippen LogP contribution < -0.4 is 0 Å². The van der Waals surface area contributed by atoms with Crippen LogP contribution in [0.3, 0.4) is 0 Å². The molecule has 0 radical (unpaired) electrons. The summed E-state index contributed by atoms with van der Waals surface area (Å²) >= 11 is 0. The molecule has 0 amide bonds. The van der Waals surface area contributed by atoms with E-state index in [0.29, 0.717) is 5.92 Å². The summed E-state index contributed by atoms with van der Waals surface area (Å²) < 4.78 is 5.64. The topological polar surface area (TPSA) is 43.4 Å². The van der Waals surface area contributed by atoms with Crippen LogP contribution >= 0.6 is 0 Å². The van der Waals surface area contributed by atoms with E-state index in [4.69, 9.17) is 4.74 Å². The normalized spacial score (nSPS) is 53.0. The van der Waals surface area contributed by atoms with E-state index in [-0.39, 0.29) is 41.0 Å². The van der Waals surface area contributed by atoms with E-state index in [1.54, 1.807) is 0 Å². The fourth-order valence-corrected chi connectivity index (χ4v) is 4.73. The van der Waals surface area contributed by atoms with E-state index < -0.39 is 0 Å². The molecule has 1 saturated heterocycles. The molecule has 96 valence electrons. The SMILES string of the molecule is CC1=CCC[C@@H]2C(=O)O[C@H]3[C@@H]2[C@H](C1=O)[C@@H]1C[C@@]13C. The maximum atomic E-state index is 12.5. The fourth-order valence-electron chi connectivity index (χ4n) is 4.73. The van der Waals surface area contributed by atoms with Crippen molar-refractivity contribution in [1.82, 2.24) is 0 Å². The minimum Gasteiger partial charge on any atom is -0.461 e. The number of carbonyl (C=O) groups is 2. The Morgan fingerprint density at radius 3 is 2.94 bits per heavy atom. The third-order valence-corrected chi connectivity index (χ3v) is 5.82. The van der Waals surface area contributed by atoms with E-state index in [1.807, 2.05) is 13.0 Å². The van der Waals surface area contributed by atoms with Gasteiger partial charge in [0.05, 0.1) is 5.92 Å². The van der Waals surface area contributed by atoms with Crippen LogP contribution in [-0.4, -0.2) is 17.9 Å². The minimum atomic E-state index is -0.0534. The van der Waals surface area contributed by atoms with Gasteiger partial charge in [-0.25, -0.2) is 0 Å². The summed E-state index contributed by atoms with van der Waals surface area (Å²) in [6.45, 7) is 4.11. The molecule has 4 rings (SSSR count). The van der Waals surface area contributed by atoms with Gasteiger partial charge in [-0.3, -0.25) is 9.59 Å². The summed E-state index contributed by atoms with van der Waals surface area (Å²) in [5, 5.41) is 0. The van der Waals surface area contributed by atoms with Crippen molar-refractivity contribution in [3.63, 3.8) is 0 Å². The Balaban J connectivity index is 1.82. The van der Waals surface area contributed by atoms with Crippen molar-refractivity contribution in [2.45, 2.75) is 39.2 Å². The van der Waals surface area contributed by atoms with Gasteiger partial charge in [0.15, 0.2) is 5.78 Å². The van der Waals surface area contributed by atoms with Crippen molar-refractivity contribution >= 4 is 11.8 Å². The zero-order valence-corrected chi connectivity index (χ0v) is 10.8. The molecule has 0 bridgehead atoms. The second-order valence-electron chi connectivity index (χ2n) is 6.71. The highest BCUT2D eigenvalue weighted by Gasteiger charge is 2.75. The zero-order chi connectivity index (χ0) is 12.7. The van der Waals surface area contributed by atoms with Gasteiger partial charge in [0.1, 0.15) is 6.10 Å². The first-order valence-corrected chi connectivity index (χ1v) is 6.95. The third-order valence-electron chi connectivity index (χ3n) is 5.82. The van der Waals surface area contributed by atoms with E-state index in [2.05, 4.69) is 6.92 Å². The molecule has 1 heterocycles. The van der Waals surface area contributed by atoms with Gasteiger partial charge in [0.25, 0.3) is 0 Å². The van der Waals surface area contributed by atoms with Crippen LogP contribution in [0, 0.1) is 29.1 Å². The molecule has 3 nitrogen and oxygen atoms in total. The molecule has 0 aromatic rings. The van der Waals surface area contributed by atoms with Gasteiger partial charge in [-0.1, -0.05) is 13.0 Å². The number of rotatable bonds is 0. The van der Waals surface area contributed by atoms with Gasteiger partial charge in [-0.15, -0.1) is 0 Å². The molecule has 0 spiro atoms. The zero-order valence-electron chi connectivity index (χ0n) is 10.8. The molecule has 4 aliphatic rings. The van der Waals surface area contributed by atoms with Crippen molar-refractivity contribution in [2.24, 2.45) is 29.1 Å². The first kappa shape index (κ1) is 10.8. The maximum Gasteiger partial charge on any atom is 0.309 e.